The van der Waals surface area contributed by atoms with Gasteiger partial charge >= 0.3 is 0 Å². The fourth-order valence-electron chi connectivity index (χ4n) is 0.660. The van der Waals surface area contributed by atoms with Crippen LogP contribution in [0, 0.1) is 0 Å². The van der Waals surface area contributed by atoms with Crippen molar-refractivity contribution >= 4 is 15.2 Å². The molecule has 0 rings (SSSR count). The maximum absolute atomic E-state index is 10.8. The fraction of sp³-hybridized carbons (Fsp3) is 0.667. The minimum atomic E-state index is -0.296. The quantitative estimate of drug-likeness (QED) is 0.503. The van der Waals surface area contributed by atoms with Crippen molar-refractivity contribution in [2.75, 3.05) is 0 Å². The predicted molar refractivity (Wildman–Crippen MR) is 56.0 cm³/mol. The molecule has 0 aromatic carbocycles. The molecule has 2 unspecified atom stereocenters. The summed E-state index contributed by atoms with van der Waals surface area (Å²) in [6.45, 7) is 5.54. The van der Waals surface area contributed by atoms with E-state index in [0.29, 0.717) is 6.42 Å². The van der Waals surface area contributed by atoms with Crippen LogP contribution in [0.2, 0.25) is 0 Å². The van der Waals surface area contributed by atoms with E-state index in [1.807, 2.05) is 19.9 Å². The fourth-order valence-corrected chi connectivity index (χ4v) is 0.963. The summed E-state index contributed by atoms with van der Waals surface area (Å²) in [5, 5.41) is 0. The molecule has 0 aliphatic rings. The molecule has 0 N–H and O–H groups in total. The summed E-state index contributed by atoms with van der Waals surface area (Å²) in [5.74, 6) is 0.0671. The highest BCUT2D eigenvalue weighted by molar-refractivity contribution is 7.09. The van der Waals surface area contributed by atoms with Gasteiger partial charge in [0.25, 0.3) is 0 Å². The average Bonchev–Trinajstić information content (AvgIpc) is 1.87. The maximum atomic E-state index is 10.8. The van der Waals surface area contributed by atoms with Gasteiger partial charge in [0.2, 0.25) is 0 Å². The van der Waals surface area contributed by atoms with Crippen molar-refractivity contribution in [1.82, 2.24) is 0 Å². The Balaban J connectivity index is 0. The van der Waals surface area contributed by atoms with Crippen molar-refractivity contribution in [3.8, 4) is 0 Å². The lowest BCUT2D eigenvalue weighted by molar-refractivity contribution is -0.123. The molecule has 2 atom stereocenters. The van der Waals surface area contributed by atoms with E-state index >= 15 is 0 Å². The van der Waals surface area contributed by atoms with Crippen LogP contribution in [0.1, 0.15) is 34.6 Å². The third-order valence-corrected chi connectivity index (χ3v) is 1.69. The van der Waals surface area contributed by atoms with E-state index in [9.17, 15) is 4.79 Å². The predicted octanol–water partition coefficient (Wildman–Crippen LogP) is 2.74. The lowest BCUT2D eigenvalue weighted by Gasteiger charge is -2.07. The molecule has 0 aromatic rings. The summed E-state index contributed by atoms with van der Waals surface area (Å²) in [5.41, 5.74) is 1.21. The summed E-state index contributed by atoms with van der Waals surface area (Å²) in [6.07, 6.45) is 2.37. The standard InChI is InChI=1S/C8H15O2P.CH4/c1-6(2)4-5-8(10-11)7(3)9;/h4,8H,5,11H2,1-3H3;1H4. The molecule has 0 saturated carbocycles. The van der Waals surface area contributed by atoms with Crippen LogP contribution in [0.3, 0.4) is 0 Å². The molecule has 12 heavy (non-hydrogen) atoms. The summed E-state index contributed by atoms with van der Waals surface area (Å²) >= 11 is 0. The van der Waals surface area contributed by atoms with Crippen LogP contribution in [0.25, 0.3) is 0 Å². The first-order chi connectivity index (χ1) is 5.07. The molecule has 0 aliphatic heterocycles. The maximum Gasteiger partial charge on any atom is 0.159 e. The van der Waals surface area contributed by atoms with Crippen LogP contribution in [-0.2, 0) is 9.32 Å². The van der Waals surface area contributed by atoms with Gasteiger partial charge in [-0.25, -0.2) is 0 Å². The zero-order chi connectivity index (χ0) is 8.85. The van der Waals surface area contributed by atoms with Gasteiger partial charge in [-0.05, 0) is 27.2 Å². The van der Waals surface area contributed by atoms with Crippen molar-refractivity contribution in [2.45, 2.75) is 40.7 Å². The largest absolute Gasteiger partial charge is 0.354 e. The number of carbonyl (C=O) groups is 1. The van der Waals surface area contributed by atoms with E-state index in [1.165, 1.54) is 12.5 Å². The van der Waals surface area contributed by atoms with Crippen LogP contribution in [0.15, 0.2) is 11.6 Å². The van der Waals surface area contributed by atoms with Gasteiger partial charge in [0.15, 0.2) is 5.78 Å². The van der Waals surface area contributed by atoms with E-state index in [2.05, 4.69) is 9.47 Å². The third kappa shape index (κ3) is 6.51. The number of carbonyl (C=O) groups excluding carboxylic acids is 1. The molecule has 0 bridgehead atoms. The highest BCUT2D eigenvalue weighted by Gasteiger charge is 2.09. The zero-order valence-corrected chi connectivity index (χ0v) is 8.41. The van der Waals surface area contributed by atoms with Gasteiger partial charge in [0.1, 0.15) is 6.10 Å². The Morgan fingerprint density at radius 3 is 2.25 bits per heavy atom. The van der Waals surface area contributed by atoms with Gasteiger partial charge < -0.3 is 4.52 Å². The molecule has 3 heteroatoms. The van der Waals surface area contributed by atoms with Crippen LogP contribution in [0.4, 0.5) is 0 Å². The first-order valence-electron chi connectivity index (χ1n) is 3.57. The Bertz CT molecular complexity index is 160. The smallest absolute Gasteiger partial charge is 0.159 e. The first-order valence-corrected chi connectivity index (χ1v) is 4.04. The van der Waals surface area contributed by atoms with Gasteiger partial charge in [0, 0.05) is 9.47 Å². The van der Waals surface area contributed by atoms with Crippen LogP contribution < -0.4 is 0 Å². The second kappa shape index (κ2) is 7.45. The summed E-state index contributed by atoms with van der Waals surface area (Å²) < 4.78 is 4.88. The molecule has 0 spiro atoms. The highest BCUT2D eigenvalue weighted by Crippen LogP contribution is 2.07. The molecular weight excluding hydrogens is 171 g/mol. The lowest BCUT2D eigenvalue weighted by atomic mass is 10.1. The van der Waals surface area contributed by atoms with Crippen molar-refractivity contribution in [2.24, 2.45) is 0 Å². The third-order valence-electron chi connectivity index (χ3n) is 1.36. The molecule has 72 valence electrons. The average molecular weight is 190 g/mol. The van der Waals surface area contributed by atoms with Crippen LogP contribution in [-0.4, -0.2) is 11.9 Å². The zero-order valence-electron chi connectivity index (χ0n) is 7.26. The Kier molecular flexibility index (Phi) is 8.90. The molecule has 0 fully saturated rings. The minimum Gasteiger partial charge on any atom is -0.354 e. The number of allylic oxidation sites excluding steroid dienone is 1. The van der Waals surface area contributed by atoms with Crippen molar-refractivity contribution in [3.05, 3.63) is 11.6 Å². The lowest BCUT2D eigenvalue weighted by Crippen LogP contribution is -2.16. The van der Waals surface area contributed by atoms with Gasteiger partial charge in [0.05, 0.1) is 0 Å². The number of hydrogen-bond donors (Lipinski definition) is 0. The van der Waals surface area contributed by atoms with Gasteiger partial charge in [-0.1, -0.05) is 19.1 Å². The highest BCUT2D eigenvalue weighted by atomic mass is 31.0. The second-order valence-electron chi connectivity index (χ2n) is 2.75. The Hall–Kier alpha value is -0.200. The Morgan fingerprint density at radius 1 is 1.50 bits per heavy atom. The van der Waals surface area contributed by atoms with Crippen LogP contribution >= 0.6 is 9.47 Å². The second-order valence-corrected chi connectivity index (χ2v) is 3.02. The van der Waals surface area contributed by atoms with Gasteiger partial charge in [-0.2, -0.15) is 0 Å². The van der Waals surface area contributed by atoms with E-state index < -0.39 is 0 Å². The van der Waals surface area contributed by atoms with Gasteiger partial charge in [-0.3, -0.25) is 4.79 Å². The summed E-state index contributed by atoms with van der Waals surface area (Å²) in [7, 11) is 2.12. The molecule has 0 amide bonds. The van der Waals surface area contributed by atoms with Crippen molar-refractivity contribution in [1.29, 1.82) is 0 Å². The molecular formula is C9H19O2P. The summed E-state index contributed by atoms with van der Waals surface area (Å²) in [4.78, 5) is 10.8. The van der Waals surface area contributed by atoms with Crippen molar-refractivity contribution < 1.29 is 9.32 Å². The molecule has 0 aromatic heterocycles. The Morgan fingerprint density at radius 2 is 2.00 bits per heavy atom. The van der Waals surface area contributed by atoms with E-state index in [-0.39, 0.29) is 19.3 Å². The molecule has 2 nitrogen and oxygen atoms in total. The number of hydrogen-bond acceptors (Lipinski definition) is 2. The van der Waals surface area contributed by atoms with E-state index in [1.54, 1.807) is 0 Å². The number of ketones is 1. The number of rotatable bonds is 4. The first kappa shape index (κ1) is 14.3. The van der Waals surface area contributed by atoms with Gasteiger partial charge in [-0.15, -0.1) is 0 Å². The topological polar surface area (TPSA) is 26.3 Å². The SMILES string of the molecule is C.CC(=O)C(CC=C(C)C)OP. The molecule has 0 saturated heterocycles. The molecule has 0 aliphatic carbocycles. The van der Waals surface area contributed by atoms with Crippen LogP contribution in [0.5, 0.6) is 0 Å². The number of Topliss-reactive ketones (excluding diaryl/α,β-unsaturated/α-hetero) is 1. The molecule has 0 heterocycles. The Labute approximate surface area is 77.7 Å². The summed E-state index contributed by atoms with van der Waals surface area (Å²) in [6, 6.07) is 0. The van der Waals surface area contributed by atoms with Crippen molar-refractivity contribution in [3.63, 3.8) is 0 Å². The normalized spacial score (nSPS) is 11.3. The van der Waals surface area contributed by atoms with E-state index in [0.717, 1.165) is 0 Å². The molecule has 0 radical (unpaired) electrons. The van der Waals surface area contributed by atoms with E-state index in [4.69, 9.17) is 4.52 Å². The minimum absolute atomic E-state index is 0. The monoisotopic (exact) mass is 190 g/mol.